The van der Waals surface area contributed by atoms with Crippen LogP contribution in [0.4, 0.5) is 0 Å². The Hall–Kier alpha value is -2.17. The molecule has 2 bridgehead atoms. The molecule has 2 heterocycles. The summed E-state index contributed by atoms with van der Waals surface area (Å²) in [5.41, 5.74) is 3.91. The summed E-state index contributed by atoms with van der Waals surface area (Å²) in [6.07, 6.45) is 8.21. The van der Waals surface area contributed by atoms with Crippen LogP contribution in [0.1, 0.15) is 55.3 Å². The van der Waals surface area contributed by atoms with Crippen LogP contribution in [-0.4, -0.2) is 44.2 Å². The number of methoxy groups -OCH3 is 3. The lowest BCUT2D eigenvalue weighted by molar-refractivity contribution is 0.0632. The standard InChI is InChI=1S/C21H27NO4/c1-24-18-11-15(12-19(25-2)20(18)26-3)21(23)22-16-7-8-17(22)10-14(9-16)13-5-4-6-13/h11-12,16-17H,4-10H2,1-3H3. The summed E-state index contributed by atoms with van der Waals surface area (Å²) in [6.45, 7) is 0. The number of amides is 1. The number of piperidine rings is 1. The first kappa shape index (κ1) is 17.3. The zero-order valence-corrected chi connectivity index (χ0v) is 15.8. The summed E-state index contributed by atoms with van der Waals surface area (Å²) in [4.78, 5) is 15.4. The van der Waals surface area contributed by atoms with Gasteiger partial charge >= 0.3 is 0 Å². The zero-order chi connectivity index (χ0) is 18.3. The molecule has 2 saturated heterocycles. The summed E-state index contributed by atoms with van der Waals surface area (Å²) in [7, 11) is 4.72. The molecule has 2 unspecified atom stereocenters. The van der Waals surface area contributed by atoms with E-state index in [0.29, 0.717) is 34.9 Å². The SMILES string of the molecule is COc1cc(C(=O)N2C3CCC2CC(=C2CCC2)C3)cc(OC)c1OC. The van der Waals surface area contributed by atoms with E-state index >= 15 is 0 Å². The Labute approximate surface area is 154 Å². The lowest BCUT2D eigenvalue weighted by Gasteiger charge is -2.38. The Morgan fingerprint density at radius 3 is 1.92 bits per heavy atom. The Morgan fingerprint density at radius 2 is 1.50 bits per heavy atom. The van der Waals surface area contributed by atoms with Crippen molar-refractivity contribution in [2.24, 2.45) is 0 Å². The molecule has 0 radical (unpaired) electrons. The fourth-order valence-corrected chi connectivity index (χ4v) is 4.70. The van der Waals surface area contributed by atoms with Gasteiger partial charge in [0.25, 0.3) is 5.91 Å². The van der Waals surface area contributed by atoms with Crippen molar-refractivity contribution in [3.63, 3.8) is 0 Å². The van der Waals surface area contributed by atoms with Crippen molar-refractivity contribution in [3.8, 4) is 17.2 Å². The van der Waals surface area contributed by atoms with Crippen LogP contribution in [0.3, 0.4) is 0 Å². The first-order valence-electron chi connectivity index (χ1n) is 9.48. The van der Waals surface area contributed by atoms with Crippen LogP contribution in [0.2, 0.25) is 0 Å². The highest BCUT2D eigenvalue weighted by Gasteiger charge is 2.42. The normalized spacial score (nSPS) is 24.3. The van der Waals surface area contributed by atoms with Gasteiger partial charge in [0.15, 0.2) is 11.5 Å². The molecule has 26 heavy (non-hydrogen) atoms. The van der Waals surface area contributed by atoms with Gasteiger partial charge in [-0.3, -0.25) is 4.79 Å². The van der Waals surface area contributed by atoms with Crippen LogP contribution in [0.15, 0.2) is 23.3 Å². The van der Waals surface area contributed by atoms with Crippen molar-refractivity contribution >= 4 is 5.91 Å². The number of allylic oxidation sites excluding steroid dienone is 1. The largest absolute Gasteiger partial charge is 0.493 e. The third-order valence-corrected chi connectivity index (χ3v) is 6.19. The van der Waals surface area contributed by atoms with Crippen LogP contribution in [-0.2, 0) is 0 Å². The first-order chi connectivity index (χ1) is 12.7. The molecule has 1 aromatic carbocycles. The van der Waals surface area contributed by atoms with E-state index in [1.807, 2.05) is 0 Å². The second-order valence-corrected chi connectivity index (χ2v) is 7.48. The minimum atomic E-state index is 0.0782. The van der Waals surface area contributed by atoms with Crippen LogP contribution in [0.5, 0.6) is 17.2 Å². The average molecular weight is 357 g/mol. The molecule has 5 nitrogen and oxygen atoms in total. The van der Waals surface area contributed by atoms with Crippen molar-refractivity contribution in [1.29, 1.82) is 0 Å². The molecule has 0 N–H and O–H groups in total. The number of fused-ring (bicyclic) bond motifs is 2. The minimum Gasteiger partial charge on any atom is -0.493 e. The zero-order valence-electron chi connectivity index (χ0n) is 15.8. The van der Waals surface area contributed by atoms with Gasteiger partial charge in [0.2, 0.25) is 5.75 Å². The number of benzene rings is 1. The number of carbonyl (C=O) groups excluding carboxylic acids is 1. The van der Waals surface area contributed by atoms with Gasteiger partial charge < -0.3 is 19.1 Å². The Kier molecular flexibility index (Phi) is 4.55. The van der Waals surface area contributed by atoms with Crippen LogP contribution in [0.25, 0.3) is 0 Å². The van der Waals surface area contributed by atoms with Crippen LogP contribution < -0.4 is 14.2 Å². The summed E-state index contributed by atoms with van der Waals surface area (Å²) < 4.78 is 16.2. The topological polar surface area (TPSA) is 48.0 Å². The van der Waals surface area contributed by atoms with Crippen molar-refractivity contribution < 1.29 is 19.0 Å². The fourth-order valence-electron chi connectivity index (χ4n) is 4.70. The maximum Gasteiger partial charge on any atom is 0.254 e. The fraction of sp³-hybridized carbons (Fsp3) is 0.571. The second-order valence-electron chi connectivity index (χ2n) is 7.48. The van der Waals surface area contributed by atoms with Crippen molar-refractivity contribution in [2.75, 3.05) is 21.3 Å². The van der Waals surface area contributed by atoms with E-state index in [2.05, 4.69) is 4.90 Å². The molecule has 3 aliphatic rings. The lowest BCUT2D eigenvalue weighted by Crippen LogP contribution is -2.45. The molecule has 2 atom stereocenters. The van der Waals surface area contributed by atoms with Gasteiger partial charge in [-0.1, -0.05) is 11.1 Å². The van der Waals surface area contributed by atoms with Crippen molar-refractivity contribution in [1.82, 2.24) is 4.90 Å². The maximum absolute atomic E-state index is 13.3. The smallest absolute Gasteiger partial charge is 0.254 e. The first-order valence-corrected chi connectivity index (χ1v) is 9.48. The van der Waals surface area contributed by atoms with Crippen LogP contribution >= 0.6 is 0 Å². The third kappa shape index (κ3) is 2.74. The molecule has 5 heteroatoms. The van der Waals surface area contributed by atoms with E-state index in [1.165, 1.54) is 19.3 Å². The number of ether oxygens (including phenoxy) is 3. The Balaban J connectivity index is 1.62. The molecule has 3 fully saturated rings. The molecular formula is C21H27NO4. The summed E-state index contributed by atoms with van der Waals surface area (Å²) in [5.74, 6) is 1.65. The molecule has 4 rings (SSSR count). The average Bonchev–Trinajstić information content (AvgIpc) is 2.88. The third-order valence-electron chi connectivity index (χ3n) is 6.19. The van der Waals surface area contributed by atoms with Crippen molar-refractivity contribution in [3.05, 3.63) is 28.8 Å². The molecule has 1 amide bonds. The molecule has 1 aromatic rings. The van der Waals surface area contributed by atoms with Gasteiger partial charge in [0, 0.05) is 17.6 Å². The van der Waals surface area contributed by atoms with Gasteiger partial charge in [-0.15, -0.1) is 0 Å². The molecule has 1 aliphatic carbocycles. The monoisotopic (exact) mass is 357 g/mol. The van der Waals surface area contributed by atoms with Gasteiger partial charge in [0.1, 0.15) is 0 Å². The van der Waals surface area contributed by atoms with E-state index < -0.39 is 0 Å². The summed E-state index contributed by atoms with van der Waals surface area (Å²) in [5, 5.41) is 0. The highest BCUT2D eigenvalue weighted by Crippen LogP contribution is 2.45. The maximum atomic E-state index is 13.3. The number of nitrogens with zero attached hydrogens (tertiary/aromatic N) is 1. The van der Waals surface area contributed by atoms with E-state index in [1.54, 1.807) is 44.6 Å². The summed E-state index contributed by atoms with van der Waals surface area (Å²) >= 11 is 0. The number of carbonyl (C=O) groups is 1. The van der Waals surface area contributed by atoms with E-state index in [0.717, 1.165) is 25.7 Å². The van der Waals surface area contributed by atoms with Crippen LogP contribution in [0, 0.1) is 0 Å². The molecule has 1 saturated carbocycles. The highest BCUT2D eigenvalue weighted by atomic mass is 16.5. The van der Waals surface area contributed by atoms with Gasteiger partial charge in [-0.25, -0.2) is 0 Å². The van der Waals surface area contributed by atoms with E-state index in [4.69, 9.17) is 14.2 Å². The quantitative estimate of drug-likeness (QED) is 0.765. The molecular weight excluding hydrogens is 330 g/mol. The minimum absolute atomic E-state index is 0.0782. The predicted octanol–water partition coefficient (Wildman–Crippen LogP) is 3.96. The van der Waals surface area contributed by atoms with Gasteiger partial charge in [-0.05, 0) is 57.1 Å². The van der Waals surface area contributed by atoms with E-state index in [-0.39, 0.29) is 5.91 Å². The van der Waals surface area contributed by atoms with E-state index in [9.17, 15) is 4.79 Å². The number of rotatable bonds is 4. The Morgan fingerprint density at radius 1 is 0.923 bits per heavy atom. The van der Waals surface area contributed by atoms with Crippen molar-refractivity contribution in [2.45, 2.75) is 57.0 Å². The predicted molar refractivity (Wildman–Crippen MR) is 99.2 cm³/mol. The summed E-state index contributed by atoms with van der Waals surface area (Å²) in [6, 6.07) is 4.21. The van der Waals surface area contributed by atoms with Gasteiger partial charge in [-0.2, -0.15) is 0 Å². The highest BCUT2D eigenvalue weighted by molar-refractivity contribution is 5.96. The Bertz CT molecular complexity index is 707. The molecule has 140 valence electrons. The molecule has 0 spiro atoms. The molecule has 2 aliphatic heterocycles. The second kappa shape index (κ2) is 6.86. The number of hydrogen-bond acceptors (Lipinski definition) is 4. The number of hydrogen-bond donors (Lipinski definition) is 0. The van der Waals surface area contributed by atoms with Gasteiger partial charge in [0.05, 0.1) is 21.3 Å². The lowest BCUT2D eigenvalue weighted by atomic mass is 9.82. The molecule has 0 aromatic heterocycles.